The van der Waals surface area contributed by atoms with Crippen LogP contribution >= 0.6 is 11.6 Å². The van der Waals surface area contributed by atoms with Gasteiger partial charge in [0.05, 0.1) is 29.8 Å². The van der Waals surface area contributed by atoms with Crippen LogP contribution in [0.15, 0.2) is 55.0 Å². The first-order valence-electron chi connectivity index (χ1n) is 11.3. The highest BCUT2D eigenvalue weighted by molar-refractivity contribution is 6.30. The van der Waals surface area contributed by atoms with Crippen LogP contribution in [0.4, 0.5) is 0 Å². The van der Waals surface area contributed by atoms with E-state index in [1.807, 2.05) is 53.8 Å². The number of benzene rings is 1. The average Bonchev–Trinajstić information content (AvgIpc) is 3.19. The number of carbonyl (C=O) groups is 1. The Kier molecular flexibility index (Phi) is 6.17. The first-order chi connectivity index (χ1) is 15.7. The molecule has 0 spiro atoms. The molecule has 1 atom stereocenters. The smallest absolute Gasteiger partial charge is 0.233 e. The number of hydrogen-bond acceptors (Lipinski definition) is 4. The number of ether oxygens (including phenoxy) is 2. The Bertz CT molecular complexity index is 1080. The highest BCUT2D eigenvalue weighted by Crippen LogP contribution is 2.38. The molecule has 2 aliphatic rings. The zero-order valence-corrected chi connectivity index (χ0v) is 18.8. The summed E-state index contributed by atoms with van der Waals surface area (Å²) in [7, 11) is 0. The molecule has 1 aromatic carbocycles. The van der Waals surface area contributed by atoms with E-state index in [4.69, 9.17) is 21.1 Å². The summed E-state index contributed by atoms with van der Waals surface area (Å²) in [6.45, 7) is 3.62. The van der Waals surface area contributed by atoms with E-state index in [2.05, 4.69) is 15.5 Å². The number of hydrogen-bond donors (Lipinski definition) is 0. The number of carbonyl (C=O) groups excluding carboxylic acids is 1. The summed E-state index contributed by atoms with van der Waals surface area (Å²) in [5, 5.41) is 0.679. The Morgan fingerprint density at radius 1 is 1.09 bits per heavy atom. The van der Waals surface area contributed by atoms with Gasteiger partial charge in [0.15, 0.2) is 0 Å². The second kappa shape index (κ2) is 9.22. The molecule has 1 unspecified atom stereocenters. The minimum absolute atomic E-state index is 0.174. The lowest BCUT2D eigenvalue weighted by atomic mass is 9.73. The number of nitrogens with zero attached hydrogens (tertiary/aromatic N) is 3. The Morgan fingerprint density at radius 2 is 1.91 bits per heavy atom. The van der Waals surface area contributed by atoms with Crippen LogP contribution in [0.2, 0.25) is 5.02 Å². The van der Waals surface area contributed by atoms with E-state index >= 15 is 0 Å². The molecule has 2 aromatic heterocycles. The van der Waals surface area contributed by atoms with Gasteiger partial charge < -0.3 is 18.8 Å². The number of aromatic nitrogens is 2. The van der Waals surface area contributed by atoms with Gasteiger partial charge in [-0.05, 0) is 49.1 Å². The lowest BCUT2D eigenvalue weighted by Crippen LogP contribution is -2.51. The van der Waals surface area contributed by atoms with Gasteiger partial charge in [-0.1, -0.05) is 23.7 Å². The lowest BCUT2D eigenvalue weighted by Gasteiger charge is -2.40. The lowest BCUT2D eigenvalue weighted by molar-refractivity contribution is -0.141. The maximum absolute atomic E-state index is 14.0. The van der Waals surface area contributed by atoms with E-state index in [0.717, 1.165) is 23.2 Å². The normalized spacial score (nSPS) is 21.4. The largest absolute Gasteiger partial charge is 0.381 e. The Hall–Kier alpha value is -2.41. The van der Waals surface area contributed by atoms with Crippen LogP contribution in [-0.4, -0.2) is 59.7 Å². The second-order valence-corrected chi connectivity index (χ2v) is 9.21. The SMILES string of the molecule is O=C(N1CCOCC(Cc2nccn3cccc23)C1)C1(c2ccc(Cl)cc2)CCOCC1. The molecule has 0 N–H and O–H groups in total. The van der Waals surface area contributed by atoms with Gasteiger partial charge in [-0.25, -0.2) is 0 Å². The molecule has 1 amide bonds. The molecule has 0 saturated carbocycles. The predicted molar refractivity (Wildman–Crippen MR) is 123 cm³/mol. The van der Waals surface area contributed by atoms with Gasteiger partial charge in [-0.3, -0.25) is 9.78 Å². The van der Waals surface area contributed by atoms with Gasteiger partial charge in [0.1, 0.15) is 0 Å². The topological polar surface area (TPSA) is 56.1 Å². The molecule has 32 heavy (non-hydrogen) atoms. The van der Waals surface area contributed by atoms with Crippen LogP contribution in [0.5, 0.6) is 0 Å². The summed E-state index contributed by atoms with van der Waals surface area (Å²) in [6.07, 6.45) is 7.96. The van der Waals surface area contributed by atoms with Gasteiger partial charge in [-0.2, -0.15) is 0 Å². The summed E-state index contributed by atoms with van der Waals surface area (Å²) >= 11 is 6.13. The fraction of sp³-hybridized carbons (Fsp3) is 0.440. The summed E-state index contributed by atoms with van der Waals surface area (Å²) < 4.78 is 13.6. The van der Waals surface area contributed by atoms with Gasteiger partial charge in [0.2, 0.25) is 5.91 Å². The third-order valence-electron chi connectivity index (χ3n) is 6.79. The molecule has 4 heterocycles. The van der Waals surface area contributed by atoms with Gasteiger partial charge in [0.25, 0.3) is 0 Å². The summed E-state index contributed by atoms with van der Waals surface area (Å²) in [5.74, 6) is 0.365. The zero-order chi connectivity index (χ0) is 22.0. The average molecular weight is 454 g/mol. The molecule has 0 bridgehead atoms. The van der Waals surface area contributed by atoms with Gasteiger partial charge in [0, 0.05) is 55.8 Å². The standard InChI is InChI=1S/C25H28ClN3O3/c26-21-5-3-20(4-6-21)25(7-13-31-14-8-25)24(30)29-12-15-32-18-19(17-29)16-22-23-2-1-10-28(23)11-9-27-22/h1-6,9-11,19H,7-8,12-18H2. The number of amides is 1. The third kappa shape index (κ3) is 4.15. The summed E-state index contributed by atoms with van der Waals surface area (Å²) in [4.78, 5) is 20.7. The minimum atomic E-state index is -0.572. The van der Waals surface area contributed by atoms with Crippen molar-refractivity contribution in [1.29, 1.82) is 0 Å². The Balaban J connectivity index is 1.40. The van der Waals surface area contributed by atoms with Crippen LogP contribution in [0, 0.1) is 5.92 Å². The summed E-state index contributed by atoms with van der Waals surface area (Å²) in [6, 6.07) is 11.9. The molecular weight excluding hydrogens is 426 g/mol. The fourth-order valence-electron chi connectivity index (χ4n) is 5.07. The molecule has 6 nitrogen and oxygen atoms in total. The molecule has 2 fully saturated rings. The van der Waals surface area contributed by atoms with Crippen molar-refractivity contribution in [2.24, 2.45) is 5.92 Å². The maximum atomic E-state index is 14.0. The summed E-state index contributed by atoms with van der Waals surface area (Å²) in [5.41, 5.74) is 2.60. The second-order valence-electron chi connectivity index (χ2n) is 8.77. The van der Waals surface area contributed by atoms with E-state index in [-0.39, 0.29) is 11.8 Å². The molecule has 5 rings (SSSR count). The van der Waals surface area contributed by atoms with Crippen molar-refractivity contribution in [3.63, 3.8) is 0 Å². The highest BCUT2D eigenvalue weighted by atomic mass is 35.5. The number of fused-ring (bicyclic) bond motifs is 1. The first kappa shape index (κ1) is 21.4. The molecule has 0 aliphatic carbocycles. The van der Waals surface area contributed by atoms with E-state index in [1.54, 1.807) is 0 Å². The van der Waals surface area contributed by atoms with Crippen molar-refractivity contribution >= 4 is 23.0 Å². The van der Waals surface area contributed by atoms with E-state index < -0.39 is 5.41 Å². The van der Waals surface area contributed by atoms with E-state index in [9.17, 15) is 4.79 Å². The van der Waals surface area contributed by atoms with Crippen molar-refractivity contribution < 1.29 is 14.3 Å². The molecule has 2 saturated heterocycles. The Morgan fingerprint density at radius 3 is 2.72 bits per heavy atom. The van der Waals surface area contributed by atoms with Crippen LogP contribution in [-0.2, 0) is 26.1 Å². The van der Waals surface area contributed by atoms with Crippen molar-refractivity contribution in [3.8, 4) is 0 Å². The number of rotatable bonds is 4. The molecule has 0 radical (unpaired) electrons. The van der Waals surface area contributed by atoms with Crippen LogP contribution in [0.25, 0.3) is 5.52 Å². The van der Waals surface area contributed by atoms with E-state index in [0.29, 0.717) is 57.4 Å². The van der Waals surface area contributed by atoms with Gasteiger partial charge >= 0.3 is 0 Å². The monoisotopic (exact) mass is 453 g/mol. The van der Waals surface area contributed by atoms with Crippen molar-refractivity contribution in [2.45, 2.75) is 24.7 Å². The van der Waals surface area contributed by atoms with Crippen molar-refractivity contribution in [2.75, 3.05) is 39.5 Å². The van der Waals surface area contributed by atoms with Crippen LogP contribution < -0.4 is 0 Å². The minimum Gasteiger partial charge on any atom is -0.381 e. The van der Waals surface area contributed by atoms with Gasteiger partial charge in [-0.15, -0.1) is 0 Å². The van der Waals surface area contributed by atoms with Crippen LogP contribution in [0.3, 0.4) is 0 Å². The molecule has 7 heteroatoms. The number of halogens is 1. The zero-order valence-electron chi connectivity index (χ0n) is 18.1. The fourth-order valence-corrected chi connectivity index (χ4v) is 5.19. The quantitative estimate of drug-likeness (QED) is 0.603. The van der Waals surface area contributed by atoms with E-state index in [1.165, 1.54) is 0 Å². The molecule has 168 valence electrons. The van der Waals surface area contributed by atoms with Crippen LogP contribution in [0.1, 0.15) is 24.1 Å². The third-order valence-corrected chi connectivity index (χ3v) is 7.04. The molecule has 3 aromatic rings. The molecular formula is C25H28ClN3O3. The maximum Gasteiger partial charge on any atom is 0.233 e. The first-order valence-corrected chi connectivity index (χ1v) is 11.6. The highest BCUT2D eigenvalue weighted by Gasteiger charge is 2.44. The molecule has 2 aliphatic heterocycles. The van der Waals surface area contributed by atoms with Crippen molar-refractivity contribution in [3.05, 3.63) is 71.3 Å². The Labute approximate surface area is 193 Å². The predicted octanol–water partition coefficient (Wildman–Crippen LogP) is 3.75. The van der Waals surface area contributed by atoms with Crippen molar-refractivity contribution in [1.82, 2.24) is 14.3 Å².